The van der Waals surface area contributed by atoms with Crippen molar-refractivity contribution in [2.24, 2.45) is 23.7 Å². The van der Waals surface area contributed by atoms with Crippen molar-refractivity contribution in [1.29, 1.82) is 0 Å². The summed E-state index contributed by atoms with van der Waals surface area (Å²) < 4.78 is 2.45. The average Bonchev–Trinajstić information content (AvgIpc) is 3.72. The summed E-state index contributed by atoms with van der Waals surface area (Å²) >= 11 is 0. The molecule has 0 unspecified atom stereocenters. The largest absolute Gasteiger partial charge is 0.310 e. The van der Waals surface area contributed by atoms with Gasteiger partial charge in [0.1, 0.15) is 0 Å². The first-order valence-electron chi connectivity index (χ1n) is 20.0. The minimum atomic E-state index is 0.0429. The first-order valence-corrected chi connectivity index (χ1v) is 20.0. The SMILES string of the molecule is c1ccc(-c2ccc(N(c3ccc4c5ccccc5n(-c5ccccc5)c4c3)c3cccc4c3C3(c5ccccc5-4)C4CC5CC(C4)CC3C5)cc2)cc1. The summed E-state index contributed by atoms with van der Waals surface area (Å²) in [5.74, 6) is 3.15. The van der Waals surface area contributed by atoms with Crippen LogP contribution in [0.1, 0.15) is 43.2 Å². The van der Waals surface area contributed by atoms with Gasteiger partial charge in [0.05, 0.1) is 16.7 Å². The normalized spacial score (nSPS) is 23.3. The summed E-state index contributed by atoms with van der Waals surface area (Å²) in [6, 6.07) is 63.7. The summed E-state index contributed by atoms with van der Waals surface area (Å²) in [6.07, 6.45) is 6.91. The lowest BCUT2D eigenvalue weighted by molar-refractivity contribution is -0.0397. The molecule has 13 rings (SSSR count). The molecule has 1 aromatic heterocycles. The lowest BCUT2D eigenvalue weighted by atomic mass is 9.43. The molecular formula is C52H42N2. The van der Waals surface area contributed by atoms with Crippen molar-refractivity contribution in [1.82, 2.24) is 4.57 Å². The van der Waals surface area contributed by atoms with Crippen LogP contribution in [0, 0.1) is 23.7 Å². The van der Waals surface area contributed by atoms with Gasteiger partial charge in [-0.25, -0.2) is 0 Å². The molecule has 0 atom stereocenters. The quantitative estimate of drug-likeness (QED) is 0.174. The minimum Gasteiger partial charge on any atom is -0.310 e. The summed E-state index contributed by atoms with van der Waals surface area (Å²) in [5.41, 5.74) is 16.0. The Labute approximate surface area is 317 Å². The Morgan fingerprint density at radius 2 is 1.07 bits per heavy atom. The Morgan fingerprint density at radius 3 is 1.85 bits per heavy atom. The van der Waals surface area contributed by atoms with E-state index in [4.69, 9.17) is 0 Å². The second-order valence-corrected chi connectivity index (χ2v) is 16.6. The summed E-state index contributed by atoms with van der Waals surface area (Å²) in [7, 11) is 0. The highest BCUT2D eigenvalue weighted by Crippen LogP contribution is 2.71. The number of hydrogen-bond acceptors (Lipinski definition) is 1. The van der Waals surface area contributed by atoms with Crippen molar-refractivity contribution in [2.75, 3.05) is 4.90 Å². The van der Waals surface area contributed by atoms with Crippen LogP contribution in [0.5, 0.6) is 0 Å². The molecule has 1 heterocycles. The molecule has 7 aromatic carbocycles. The van der Waals surface area contributed by atoms with E-state index in [-0.39, 0.29) is 5.41 Å². The zero-order chi connectivity index (χ0) is 35.4. The number of nitrogens with zero attached hydrogens (tertiary/aromatic N) is 2. The van der Waals surface area contributed by atoms with Crippen LogP contribution in [0.2, 0.25) is 0 Å². The van der Waals surface area contributed by atoms with Crippen molar-refractivity contribution in [3.05, 3.63) is 181 Å². The van der Waals surface area contributed by atoms with Gasteiger partial charge in [0.2, 0.25) is 0 Å². The zero-order valence-electron chi connectivity index (χ0n) is 30.4. The third kappa shape index (κ3) is 4.23. The van der Waals surface area contributed by atoms with Crippen molar-refractivity contribution < 1.29 is 0 Å². The Morgan fingerprint density at radius 1 is 0.463 bits per heavy atom. The maximum atomic E-state index is 2.61. The standard InChI is InChI=1S/C52H42N2/c1-3-12-36(13-4-1)37-22-24-41(25-23-37)53(42-26-27-45-44-17-8-10-20-48(44)54(50(45)33-42)40-14-5-2-6-15-40)49-21-11-18-46-43-16-7-9-19-47(43)52(51(46)49)38-29-34-28-35(31-38)32-39(52)30-34/h1-27,33-35,38-39H,28-32H2. The van der Waals surface area contributed by atoms with Gasteiger partial charge < -0.3 is 9.47 Å². The maximum Gasteiger partial charge on any atom is 0.0561 e. The van der Waals surface area contributed by atoms with Crippen molar-refractivity contribution in [3.8, 4) is 27.9 Å². The molecule has 5 aliphatic rings. The second-order valence-electron chi connectivity index (χ2n) is 16.6. The molecule has 4 bridgehead atoms. The molecule has 260 valence electrons. The summed E-state index contributed by atoms with van der Waals surface area (Å²) in [6.45, 7) is 0. The highest BCUT2D eigenvalue weighted by atomic mass is 15.1. The minimum absolute atomic E-state index is 0.0429. The molecule has 2 heteroatoms. The molecular weight excluding hydrogens is 653 g/mol. The van der Waals surface area contributed by atoms with Gasteiger partial charge in [0.15, 0.2) is 0 Å². The van der Waals surface area contributed by atoms with Gasteiger partial charge in [0, 0.05) is 33.2 Å². The predicted octanol–water partition coefficient (Wildman–Crippen LogP) is 13.6. The van der Waals surface area contributed by atoms with Crippen molar-refractivity contribution >= 4 is 38.9 Å². The summed E-state index contributed by atoms with van der Waals surface area (Å²) in [5, 5.41) is 2.56. The van der Waals surface area contributed by atoms with E-state index in [9.17, 15) is 0 Å². The lowest BCUT2D eigenvalue weighted by Crippen LogP contribution is -2.55. The van der Waals surface area contributed by atoms with Crippen LogP contribution in [-0.2, 0) is 5.41 Å². The van der Waals surface area contributed by atoms with Crippen LogP contribution in [0.3, 0.4) is 0 Å². The van der Waals surface area contributed by atoms with Gasteiger partial charge in [-0.05, 0) is 138 Å². The van der Waals surface area contributed by atoms with Crippen LogP contribution in [-0.4, -0.2) is 4.57 Å². The van der Waals surface area contributed by atoms with Gasteiger partial charge >= 0.3 is 0 Å². The molecule has 8 aromatic rings. The number of hydrogen-bond donors (Lipinski definition) is 0. The van der Waals surface area contributed by atoms with Gasteiger partial charge in [0.25, 0.3) is 0 Å². The van der Waals surface area contributed by atoms with Gasteiger partial charge in [-0.3, -0.25) is 0 Å². The van der Waals surface area contributed by atoms with E-state index in [2.05, 4.69) is 179 Å². The van der Waals surface area contributed by atoms with E-state index in [0.717, 1.165) is 11.8 Å². The van der Waals surface area contributed by atoms with E-state index >= 15 is 0 Å². The Bertz CT molecular complexity index is 2690. The number of anilines is 3. The van der Waals surface area contributed by atoms with Crippen molar-refractivity contribution in [3.63, 3.8) is 0 Å². The topological polar surface area (TPSA) is 8.17 Å². The van der Waals surface area contributed by atoms with E-state index in [1.807, 2.05) is 0 Å². The predicted molar refractivity (Wildman–Crippen MR) is 224 cm³/mol. The van der Waals surface area contributed by atoms with E-state index in [1.54, 1.807) is 11.1 Å². The first kappa shape index (κ1) is 30.6. The molecule has 54 heavy (non-hydrogen) atoms. The Balaban J connectivity index is 1.13. The monoisotopic (exact) mass is 694 g/mol. The van der Waals surface area contributed by atoms with E-state index in [0.29, 0.717) is 11.8 Å². The average molecular weight is 695 g/mol. The maximum absolute atomic E-state index is 2.61. The molecule has 5 aliphatic carbocycles. The van der Waals surface area contributed by atoms with E-state index < -0.39 is 0 Å². The van der Waals surface area contributed by atoms with Crippen LogP contribution in [0.15, 0.2) is 170 Å². The third-order valence-corrected chi connectivity index (χ3v) is 13.9. The highest BCUT2D eigenvalue weighted by molar-refractivity contribution is 6.10. The second kappa shape index (κ2) is 11.6. The number of fused-ring (bicyclic) bond motifs is 6. The van der Waals surface area contributed by atoms with E-state index in [1.165, 1.54) is 98.9 Å². The highest BCUT2D eigenvalue weighted by Gasteiger charge is 2.62. The molecule has 4 saturated carbocycles. The van der Waals surface area contributed by atoms with Crippen LogP contribution >= 0.6 is 0 Å². The first-order chi connectivity index (χ1) is 26.8. The smallest absolute Gasteiger partial charge is 0.0561 e. The Hall–Kier alpha value is -5.86. The molecule has 0 radical (unpaired) electrons. The van der Waals surface area contributed by atoms with Gasteiger partial charge in [-0.1, -0.05) is 121 Å². The molecule has 4 fully saturated rings. The van der Waals surface area contributed by atoms with Crippen LogP contribution in [0.4, 0.5) is 17.1 Å². The van der Waals surface area contributed by atoms with Gasteiger partial charge in [-0.2, -0.15) is 0 Å². The number of aromatic nitrogens is 1. The molecule has 0 N–H and O–H groups in total. The van der Waals surface area contributed by atoms with Crippen molar-refractivity contribution in [2.45, 2.75) is 37.5 Å². The fourth-order valence-corrected chi connectivity index (χ4v) is 12.2. The molecule has 2 nitrogen and oxygen atoms in total. The fraction of sp³-hybridized carbons (Fsp3) is 0.192. The molecule has 1 spiro atoms. The fourth-order valence-electron chi connectivity index (χ4n) is 12.2. The van der Waals surface area contributed by atoms with Crippen LogP contribution < -0.4 is 4.90 Å². The Kier molecular flexibility index (Phi) is 6.55. The summed E-state index contributed by atoms with van der Waals surface area (Å²) in [4.78, 5) is 2.61. The molecule has 0 amide bonds. The van der Waals surface area contributed by atoms with Crippen LogP contribution in [0.25, 0.3) is 49.7 Å². The number of para-hydroxylation sites is 2. The van der Waals surface area contributed by atoms with Gasteiger partial charge in [-0.15, -0.1) is 0 Å². The third-order valence-electron chi connectivity index (χ3n) is 13.9. The molecule has 0 saturated heterocycles. The number of rotatable bonds is 5. The zero-order valence-corrected chi connectivity index (χ0v) is 30.4. The number of benzene rings is 7. The lowest BCUT2D eigenvalue weighted by Gasteiger charge is -2.61. The molecule has 0 aliphatic heterocycles.